The summed E-state index contributed by atoms with van der Waals surface area (Å²) in [5.74, 6) is -0.499. The van der Waals surface area contributed by atoms with E-state index in [0.29, 0.717) is 11.1 Å². The van der Waals surface area contributed by atoms with E-state index in [4.69, 9.17) is 10.7 Å². The smallest absolute Gasteiger partial charge is 0.267 e. The molecule has 1 fully saturated rings. The van der Waals surface area contributed by atoms with Gasteiger partial charge in [-0.1, -0.05) is 31.9 Å². The maximum Gasteiger partial charge on any atom is 0.267 e. The number of aryl methyl sites for hydroxylation is 1. The van der Waals surface area contributed by atoms with Crippen molar-refractivity contribution in [2.75, 3.05) is 7.05 Å². The van der Waals surface area contributed by atoms with Crippen LogP contribution in [0, 0.1) is 12.3 Å². The second-order valence-corrected chi connectivity index (χ2v) is 10.0. The Balaban J connectivity index is 1.58. The van der Waals surface area contributed by atoms with Crippen LogP contribution in [-0.2, 0) is 19.6 Å². The van der Waals surface area contributed by atoms with Crippen molar-refractivity contribution in [2.24, 2.45) is 11.1 Å². The Bertz CT molecular complexity index is 1190. The highest BCUT2D eigenvalue weighted by Crippen LogP contribution is 2.39. The topological polar surface area (TPSA) is 77.0 Å². The molecule has 5 rings (SSSR count). The molecule has 6 heteroatoms. The van der Waals surface area contributed by atoms with Crippen LogP contribution in [0.15, 0.2) is 36.7 Å². The molecule has 32 heavy (non-hydrogen) atoms. The molecule has 1 amide bonds. The summed E-state index contributed by atoms with van der Waals surface area (Å²) in [6.07, 6.45) is 9.16. The van der Waals surface area contributed by atoms with Crippen LogP contribution in [0.1, 0.15) is 59.8 Å². The van der Waals surface area contributed by atoms with Gasteiger partial charge in [-0.2, -0.15) is 5.10 Å². The second-order valence-electron chi connectivity index (χ2n) is 10.0. The van der Waals surface area contributed by atoms with Gasteiger partial charge in [0.1, 0.15) is 5.69 Å². The fourth-order valence-corrected chi connectivity index (χ4v) is 5.38. The molecule has 1 aliphatic heterocycles. The minimum Gasteiger partial charge on any atom is -0.364 e. The summed E-state index contributed by atoms with van der Waals surface area (Å²) in [4.78, 5) is 19.1. The molecule has 3 aromatic rings. The standard InChI is InChI=1S/C26H31N5O/c1-17-10-22(21-12-28-31(15-21)16-26(2)8-4-5-9-26)24(29-23(17)25(27)32)18-6-7-19-13-30(3)14-20(19)11-18/h6-7,10-12,15H,4-5,8-9,13-14,16H2,1-3H3,(H2,27,32). The molecular weight excluding hydrogens is 398 g/mol. The summed E-state index contributed by atoms with van der Waals surface area (Å²) in [5.41, 5.74) is 13.5. The fourth-order valence-electron chi connectivity index (χ4n) is 5.38. The van der Waals surface area contributed by atoms with E-state index in [1.807, 2.05) is 19.2 Å². The second kappa shape index (κ2) is 7.85. The number of nitrogens with two attached hydrogens (primary N) is 1. The SMILES string of the molecule is Cc1cc(-c2cnn(CC3(C)CCCC3)c2)c(-c2ccc3c(c2)CN(C)C3)nc1C(N)=O. The van der Waals surface area contributed by atoms with Gasteiger partial charge in [0.2, 0.25) is 0 Å². The molecule has 6 nitrogen and oxygen atoms in total. The Morgan fingerprint density at radius 2 is 1.88 bits per heavy atom. The fraction of sp³-hybridized carbons (Fsp3) is 0.423. The van der Waals surface area contributed by atoms with E-state index in [2.05, 4.69) is 53.0 Å². The molecule has 1 aliphatic carbocycles. The zero-order valence-electron chi connectivity index (χ0n) is 19.2. The highest BCUT2D eigenvalue weighted by Gasteiger charge is 2.29. The Labute approximate surface area is 189 Å². The van der Waals surface area contributed by atoms with Crippen LogP contribution in [-0.4, -0.2) is 32.6 Å². The lowest BCUT2D eigenvalue weighted by Gasteiger charge is -2.23. The van der Waals surface area contributed by atoms with Crippen LogP contribution in [0.3, 0.4) is 0 Å². The van der Waals surface area contributed by atoms with Crippen LogP contribution in [0.25, 0.3) is 22.4 Å². The summed E-state index contributed by atoms with van der Waals surface area (Å²) in [5, 5.41) is 4.68. The molecular formula is C26H31N5O. The number of amides is 1. The van der Waals surface area contributed by atoms with Crippen LogP contribution in [0.5, 0.6) is 0 Å². The number of hydrogen-bond donors (Lipinski definition) is 1. The summed E-state index contributed by atoms with van der Waals surface area (Å²) in [7, 11) is 2.12. The van der Waals surface area contributed by atoms with Gasteiger partial charge in [-0.25, -0.2) is 4.98 Å². The maximum absolute atomic E-state index is 12.1. The average Bonchev–Trinajstić information content (AvgIpc) is 3.46. The number of nitrogens with zero attached hydrogens (tertiary/aromatic N) is 4. The zero-order chi connectivity index (χ0) is 22.5. The van der Waals surface area contributed by atoms with Gasteiger partial charge in [-0.3, -0.25) is 14.4 Å². The first-order valence-corrected chi connectivity index (χ1v) is 11.5. The number of hydrogen-bond acceptors (Lipinski definition) is 4. The predicted octanol–water partition coefficient (Wildman–Crippen LogP) is 4.55. The van der Waals surface area contributed by atoms with Crippen molar-refractivity contribution in [2.45, 2.75) is 59.2 Å². The number of carbonyl (C=O) groups is 1. The van der Waals surface area contributed by atoms with Crippen LogP contribution >= 0.6 is 0 Å². The van der Waals surface area contributed by atoms with E-state index in [-0.39, 0.29) is 0 Å². The number of rotatable bonds is 5. The lowest BCUT2D eigenvalue weighted by Crippen LogP contribution is -2.19. The summed E-state index contributed by atoms with van der Waals surface area (Å²) in [6.45, 7) is 7.06. The van der Waals surface area contributed by atoms with E-state index < -0.39 is 5.91 Å². The number of primary amides is 1. The minimum absolute atomic E-state index is 0.322. The van der Waals surface area contributed by atoms with Crippen molar-refractivity contribution in [3.63, 3.8) is 0 Å². The summed E-state index contributed by atoms with van der Waals surface area (Å²) < 4.78 is 2.07. The first-order chi connectivity index (χ1) is 15.3. The number of carbonyl (C=O) groups excluding carboxylic acids is 1. The molecule has 0 unspecified atom stereocenters. The molecule has 0 spiro atoms. The third-order valence-corrected chi connectivity index (χ3v) is 7.11. The molecule has 0 atom stereocenters. The Morgan fingerprint density at radius 3 is 2.62 bits per heavy atom. The largest absolute Gasteiger partial charge is 0.364 e. The van der Waals surface area contributed by atoms with Crippen molar-refractivity contribution >= 4 is 5.91 Å². The third-order valence-electron chi connectivity index (χ3n) is 7.11. The lowest BCUT2D eigenvalue weighted by molar-refractivity contribution is 0.0995. The quantitative estimate of drug-likeness (QED) is 0.646. The van der Waals surface area contributed by atoms with Crippen molar-refractivity contribution in [3.8, 4) is 22.4 Å². The van der Waals surface area contributed by atoms with E-state index in [1.54, 1.807) is 0 Å². The number of benzene rings is 1. The first kappa shape index (κ1) is 20.9. The minimum atomic E-state index is -0.499. The van der Waals surface area contributed by atoms with Gasteiger partial charge in [0.15, 0.2) is 0 Å². The van der Waals surface area contributed by atoms with Gasteiger partial charge in [-0.15, -0.1) is 0 Å². The van der Waals surface area contributed by atoms with E-state index in [0.717, 1.165) is 47.6 Å². The molecule has 166 valence electrons. The van der Waals surface area contributed by atoms with Gasteiger partial charge < -0.3 is 5.73 Å². The molecule has 1 saturated carbocycles. The van der Waals surface area contributed by atoms with Crippen molar-refractivity contribution in [1.29, 1.82) is 0 Å². The number of pyridine rings is 1. The van der Waals surface area contributed by atoms with E-state index in [1.165, 1.54) is 36.8 Å². The average molecular weight is 430 g/mol. The first-order valence-electron chi connectivity index (χ1n) is 11.5. The zero-order valence-corrected chi connectivity index (χ0v) is 19.2. The van der Waals surface area contributed by atoms with Gasteiger partial charge in [0.05, 0.1) is 11.9 Å². The van der Waals surface area contributed by atoms with Gasteiger partial charge in [0.25, 0.3) is 5.91 Å². The molecule has 2 N–H and O–H groups in total. The number of fused-ring (bicyclic) bond motifs is 1. The Kier molecular flexibility index (Phi) is 5.13. The van der Waals surface area contributed by atoms with E-state index in [9.17, 15) is 4.79 Å². The lowest BCUT2D eigenvalue weighted by atomic mass is 9.89. The Hall–Kier alpha value is -2.99. The monoisotopic (exact) mass is 429 g/mol. The van der Waals surface area contributed by atoms with Crippen LogP contribution in [0.2, 0.25) is 0 Å². The van der Waals surface area contributed by atoms with Gasteiger partial charge >= 0.3 is 0 Å². The molecule has 0 radical (unpaired) electrons. The molecule has 0 saturated heterocycles. The predicted molar refractivity (Wildman–Crippen MR) is 126 cm³/mol. The van der Waals surface area contributed by atoms with Crippen molar-refractivity contribution < 1.29 is 4.79 Å². The molecule has 1 aromatic carbocycles. The molecule has 2 aliphatic rings. The molecule has 3 heterocycles. The Morgan fingerprint density at radius 1 is 1.12 bits per heavy atom. The van der Waals surface area contributed by atoms with Crippen molar-refractivity contribution in [1.82, 2.24) is 19.7 Å². The molecule has 2 aromatic heterocycles. The summed E-state index contributed by atoms with van der Waals surface area (Å²) >= 11 is 0. The van der Waals surface area contributed by atoms with Crippen LogP contribution < -0.4 is 5.73 Å². The van der Waals surface area contributed by atoms with Crippen LogP contribution in [0.4, 0.5) is 0 Å². The highest BCUT2D eigenvalue weighted by atomic mass is 16.1. The number of aromatic nitrogens is 3. The van der Waals surface area contributed by atoms with Gasteiger partial charge in [0, 0.05) is 42.5 Å². The van der Waals surface area contributed by atoms with Crippen molar-refractivity contribution in [3.05, 3.63) is 59.0 Å². The maximum atomic E-state index is 12.1. The summed E-state index contributed by atoms with van der Waals surface area (Å²) in [6, 6.07) is 8.51. The molecule has 0 bridgehead atoms. The van der Waals surface area contributed by atoms with Gasteiger partial charge in [-0.05, 0) is 61.1 Å². The third kappa shape index (κ3) is 3.84. The van der Waals surface area contributed by atoms with E-state index >= 15 is 0 Å². The normalized spacial score (nSPS) is 17.6. The highest BCUT2D eigenvalue weighted by molar-refractivity contribution is 5.94.